The molecule has 2 aromatic rings. The number of halogens is 1. The van der Waals surface area contributed by atoms with Gasteiger partial charge in [0.1, 0.15) is 0 Å². The highest BCUT2D eigenvalue weighted by atomic mass is 35.5. The molecular formula is C16H13ClN2. The zero-order valence-corrected chi connectivity index (χ0v) is 11.1. The van der Waals surface area contributed by atoms with Crippen molar-refractivity contribution in [3.05, 3.63) is 77.9 Å². The van der Waals surface area contributed by atoms with E-state index in [1.165, 1.54) is 0 Å². The summed E-state index contributed by atoms with van der Waals surface area (Å²) in [6, 6.07) is 20.1. The first-order chi connectivity index (χ1) is 9.34. The van der Waals surface area contributed by atoms with Crippen LogP contribution in [0.15, 0.2) is 71.7 Å². The normalized spacial score (nSPS) is 14.9. The lowest BCUT2D eigenvalue weighted by atomic mass is 10.1. The minimum Gasteiger partial charge on any atom is -0.264 e. The third-order valence-electron chi connectivity index (χ3n) is 3.00. The van der Waals surface area contributed by atoms with Crippen LogP contribution in [0.1, 0.15) is 11.1 Å². The van der Waals surface area contributed by atoms with Crippen molar-refractivity contribution in [3.63, 3.8) is 0 Å². The van der Waals surface area contributed by atoms with Gasteiger partial charge in [0.25, 0.3) is 0 Å². The van der Waals surface area contributed by atoms with Crippen LogP contribution >= 0.6 is 11.8 Å². The van der Waals surface area contributed by atoms with Crippen molar-refractivity contribution in [1.29, 1.82) is 0 Å². The molecule has 1 aliphatic heterocycles. The van der Waals surface area contributed by atoms with Gasteiger partial charge in [0.05, 0.1) is 12.2 Å². The van der Waals surface area contributed by atoms with Gasteiger partial charge in [-0.1, -0.05) is 60.7 Å². The highest BCUT2D eigenvalue weighted by molar-refractivity contribution is 6.26. The summed E-state index contributed by atoms with van der Waals surface area (Å²) >= 11 is 6.23. The molecule has 0 bridgehead atoms. The van der Waals surface area contributed by atoms with E-state index in [0.29, 0.717) is 6.54 Å². The summed E-state index contributed by atoms with van der Waals surface area (Å²) in [5, 5.41) is 0. The molecule has 0 aliphatic carbocycles. The smallest absolute Gasteiger partial charge is 0.151 e. The number of hydrogen-bond donors (Lipinski definition) is 0. The standard InChI is InChI=1S/C16H13ClN2/c17-19-12-11-15(13-7-3-1-4-8-13)18-16(19)14-9-5-2-6-10-14/h1-11H,12H2. The lowest BCUT2D eigenvalue weighted by Gasteiger charge is -2.22. The van der Waals surface area contributed by atoms with Crippen LogP contribution in [0.25, 0.3) is 5.70 Å². The van der Waals surface area contributed by atoms with Gasteiger partial charge in [-0.15, -0.1) is 0 Å². The van der Waals surface area contributed by atoms with E-state index in [2.05, 4.69) is 17.1 Å². The second kappa shape index (κ2) is 5.29. The first-order valence-electron chi connectivity index (χ1n) is 6.17. The van der Waals surface area contributed by atoms with E-state index in [1.54, 1.807) is 4.42 Å². The molecule has 3 heteroatoms. The van der Waals surface area contributed by atoms with E-state index >= 15 is 0 Å². The van der Waals surface area contributed by atoms with Crippen molar-refractivity contribution >= 4 is 23.3 Å². The Kier molecular flexibility index (Phi) is 3.34. The van der Waals surface area contributed by atoms with Crippen LogP contribution < -0.4 is 0 Å². The second-order valence-electron chi connectivity index (χ2n) is 4.30. The zero-order chi connectivity index (χ0) is 13.1. The molecule has 19 heavy (non-hydrogen) atoms. The van der Waals surface area contributed by atoms with Crippen molar-refractivity contribution < 1.29 is 0 Å². The van der Waals surface area contributed by atoms with Gasteiger partial charge >= 0.3 is 0 Å². The van der Waals surface area contributed by atoms with E-state index in [1.807, 2.05) is 54.6 Å². The van der Waals surface area contributed by atoms with Gasteiger partial charge in [-0.3, -0.25) is 4.42 Å². The van der Waals surface area contributed by atoms with E-state index in [0.717, 1.165) is 22.7 Å². The highest BCUT2D eigenvalue weighted by Gasteiger charge is 2.16. The number of amidine groups is 1. The molecule has 0 amide bonds. The second-order valence-corrected chi connectivity index (χ2v) is 4.71. The van der Waals surface area contributed by atoms with Gasteiger partial charge < -0.3 is 0 Å². The molecule has 0 spiro atoms. The van der Waals surface area contributed by atoms with Gasteiger partial charge in [-0.2, -0.15) is 0 Å². The third-order valence-corrected chi connectivity index (χ3v) is 3.30. The predicted molar refractivity (Wildman–Crippen MR) is 80.0 cm³/mol. The van der Waals surface area contributed by atoms with Crippen LogP contribution in [0, 0.1) is 0 Å². The van der Waals surface area contributed by atoms with Crippen LogP contribution in [0.2, 0.25) is 0 Å². The molecule has 0 saturated heterocycles. The molecule has 0 aromatic heterocycles. The molecule has 0 saturated carbocycles. The largest absolute Gasteiger partial charge is 0.264 e. The maximum absolute atomic E-state index is 6.23. The lowest BCUT2D eigenvalue weighted by Crippen LogP contribution is -2.25. The van der Waals surface area contributed by atoms with E-state index in [-0.39, 0.29) is 0 Å². The summed E-state index contributed by atoms with van der Waals surface area (Å²) in [5.41, 5.74) is 3.11. The quantitative estimate of drug-likeness (QED) is 0.753. The average Bonchev–Trinajstić information content (AvgIpc) is 2.49. The molecule has 2 aromatic carbocycles. The minimum absolute atomic E-state index is 0.652. The number of hydrogen-bond acceptors (Lipinski definition) is 2. The Morgan fingerprint density at radius 3 is 2.05 bits per heavy atom. The van der Waals surface area contributed by atoms with E-state index < -0.39 is 0 Å². The van der Waals surface area contributed by atoms with Crippen molar-refractivity contribution in [1.82, 2.24) is 4.42 Å². The number of aliphatic imine (C=N–C) groups is 1. The lowest BCUT2D eigenvalue weighted by molar-refractivity contribution is 0.729. The maximum atomic E-state index is 6.23. The summed E-state index contributed by atoms with van der Waals surface area (Å²) in [6.07, 6.45) is 2.04. The van der Waals surface area contributed by atoms with Crippen LogP contribution in [0.5, 0.6) is 0 Å². The fraction of sp³-hybridized carbons (Fsp3) is 0.0625. The third kappa shape index (κ3) is 2.54. The predicted octanol–water partition coefficient (Wildman–Crippen LogP) is 3.94. The SMILES string of the molecule is ClN1CC=C(c2ccccc2)N=C1c1ccccc1. The molecule has 0 atom stereocenters. The van der Waals surface area contributed by atoms with Crippen molar-refractivity contribution in [2.75, 3.05) is 6.54 Å². The summed E-state index contributed by atoms with van der Waals surface area (Å²) in [4.78, 5) is 4.68. The van der Waals surface area contributed by atoms with Crippen LogP contribution in [-0.2, 0) is 0 Å². The Hall–Kier alpha value is -2.06. The molecule has 3 rings (SSSR count). The average molecular weight is 269 g/mol. The summed E-state index contributed by atoms with van der Waals surface area (Å²) in [7, 11) is 0. The molecule has 94 valence electrons. The number of nitrogens with zero attached hydrogens (tertiary/aromatic N) is 2. The fourth-order valence-electron chi connectivity index (χ4n) is 2.05. The van der Waals surface area contributed by atoms with Crippen molar-refractivity contribution in [2.24, 2.45) is 4.99 Å². The molecular weight excluding hydrogens is 256 g/mol. The highest BCUT2D eigenvalue weighted by Crippen LogP contribution is 2.23. The summed E-state index contributed by atoms with van der Waals surface area (Å²) in [5.74, 6) is 0.795. The molecule has 2 nitrogen and oxygen atoms in total. The summed E-state index contributed by atoms with van der Waals surface area (Å²) in [6.45, 7) is 0.652. The van der Waals surface area contributed by atoms with E-state index in [4.69, 9.17) is 11.8 Å². The van der Waals surface area contributed by atoms with Crippen molar-refractivity contribution in [3.8, 4) is 0 Å². The Morgan fingerprint density at radius 1 is 0.842 bits per heavy atom. The first kappa shape index (κ1) is 12.0. The monoisotopic (exact) mass is 268 g/mol. The van der Waals surface area contributed by atoms with Gasteiger partial charge in [0.15, 0.2) is 5.84 Å². The molecule has 0 radical (unpaired) electrons. The maximum Gasteiger partial charge on any atom is 0.151 e. The Balaban J connectivity index is 2.00. The molecule has 0 fully saturated rings. The summed E-state index contributed by atoms with van der Waals surface area (Å²) < 4.78 is 1.64. The molecule has 0 N–H and O–H groups in total. The van der Waals surface area contributed by atoms with Crippen LogP contribution in [0.4, 0.5) is 0 Å². The molecule has 1 aliphatic rings. The zero-order valence-electron chi connectivity index (χ0n) is 10.3. The Labute approximate surface area is 117 Å². The minimum atomic E-state index is 0.652. The van der Waals surface area contributed by atoms with Gasteiger partial charge in [0, 0.05) is 17.3 Å². The fourth-order valence-corrected chi connectivity index (χ4v) is 2.25. The van der Waals surface area contributed by atoms with Crippen LogP contribution in [-0.4, -0.2) is 16.8 Å². The number of rotatable bonds is 2. The van der Waals surface area contributed by atoms with Gasteiger partial charge in [-0.05, 0) is 11.6 Å². The van der Waals surface area contributed by atoms with Crippen LogP contribution in [0.3, 0.4) is 0 Å². The first-order valence-corrected chi connectivity index (χ1v) is 6.51. The Morgan fingerprint density at radius 2 is 1.42 bits per heavy atom. The van der Waals surface area contributed by atoms with Crippen molar-refractivity contribution in [2.45, 2.75) is 0 Å². The van der Waals surface area contributed by atoms with Gasteiger partial charge in [-0.25, -0.2) is 4.99 Å². The molecule has 1 heterocycles. The topological polar surface area (TPSA) is 15.6 Å². The molecule has 0 unspecified atom stereocenters. The van der Waals surface area contributed by atoms with E-state index in [9.17, 15) is 0 Å². The Bertz CT molecular complexity index is 618. The van der Waals surface area contributed by atoms with Gasteiger partial charge in [0.2, 0.25) is 0 Å². The number of benzene rings is 2.